The van der Waals surface area contributed by atoms with Crippen LogP contribution in [0.5, 0.6) is 0 Å². The van der Waals surface area contributed by atoms with E-state index in [1.54, 1.807) is 0 Å². The molecule has 0 spiro atoms. The molecule has 1 aliphatic carbocycles. The Bertz CT molecular complexity index is 183. The number of allylic oxidation sites excluding steroid dienone is 2. The van der Waals surface area contributed by atoms with Gasteiger partial charge < -0.3 is 9.47 Å². The molecule has 0 saturated carbocycles. The predicted octanol–water partition coefficient (Wildman–Crippen LogP) is 3.13. The van der Waals surface area contributed by atoms with Gasteiger partial charge >= 0.3 is 0 Å². The molecule has 2 heteroatoms. The van der Waals surface area contributed by atoms with Crippen molar-refractivity contribution >= 4 is 0 Å². The Morgan fingerprint density at radius 1 is 1.21 bits per heavy atom. The Kier molecular flexibility index (Phi) is 4.63. The quantitative estimate of drug-likeness (QED) is 0.499. The van der Waals surface area contributed by atoms with Gasteiger partial charge in [-0.25, -0.2) is 0 Å². The highest BCUT2D eigenvalue weighted by Crippen LogP contribution is 2.37. The molecule has 0 aromatic carbocycles. The molecule has 1 rings (SSSR count). The maximum absolute atomic E-state index is 5.67. The highest BCUT2D eigenvalue weighted by Gasteiger charge is 2.35. The van der Waals surface area contributed by atoms with Crippen LogP contribution in [-0.2, 0) is 9.47 Å². The van der Waals surface area contributed by atoms with Crippen LogP contribution in [0.15, 0.2) is 12.2 Å². The molecule has 0 radical (unpaired) electrons. The molecule has 82 valence electrons. The Labute approximate surface area is 87.3 Å². The first-order valence-corrected chi connectivity index (χ1v) is 5.61. The van der Waals surface area contributed by atoms with Crippen molar-refractivity contribution in [1.82, 2.24) is 0 Å². The van der Waals surface area contributed by atoms with E-state index in [1.807, 2.05) is 13.8 Å². The first kappa shape index (κ1) is 11.7. The molecule has 0 bridgehead atoms. The van der Waals surface area contributed by atoms with Crippen molar-refractivity contribution in [1.29, 1.82) is 0 Å². The second-order valence-electron chi connectivity index (χ2n) is 4.11. The molecule has 0 N–H and O–H groups in total. The smallest absolute Gasteiger partial charge is 0.163 e. The molecule has 0 amide bonds. The lowest BCUT2D eigenvalue weighted by Gasteiger charge is -2.37. The van der Waals surface area contributed by atoms with Gasteiger partial charge in [0.2, 0.25) is 0 Å². The molecule has 0 saturated heterocycles. The van der Waals surface area contributed by atoms with Crippen molar-refractivity contribution in [3.05, 3.63) is 12.2 Å². The van der Waals surface area contributed by atoms with E-state index in [9.17, 15) is 0 Å². The standard InChI is InChI=1S/C12H22O2/c1-4-13-11(14-5-2)12(3)9-7-6-8-10-12/h6-7,11H,4-5,8-10H2,1-3H3/t12-/m0/s1. The largest absolute Gasteiger partial charge is 0.352 e. The third kappa shape index (κ3) is 2.82. The second kappa shape index (κ2) is 5.52. The molecule has 0 aromatic heterocycles. The van der Waals surface area contributed by atoms with E-state index < -0.39 is 0 Å². The molecule has 1 atom stereocenters. The predicted molar refractivity (Wildman–Crippen MR) is 58.1 cm³/mol. The average molecular weight is 198 g/mol. The number of hydrogen-bond acceptors (Lipinski definition) is 2. The number of rotatable bonds is 5. The molecule has 2 nitrogen and oxygen atoms in total. The molecule has 0 unspecified atom stereocenters. The van der Waals surface area contributed by atoms with Gasteiger partial charge in [0, 0.05) is 18.6 Å². The fraction of sp³-hybridized carbons (Fsp3) is 0.833. The van der Waals surface area contributed by atoms with Crippen molar-refractivity contribution in [3.8, 4) is 0 Å². The zero-order chi connectivity index (χ0) is 10.4. The van der Waals surface area contributed by atoms with Crippen LogP contribution in [-0.4, -0.2) is 19.5 Å². The first-order chi connectivity index (χ1) is 6.73. The highest BCUT2D eigenvalue weighted by molar-refractivity contribution is 4.97. The summed E-state index contributed by atoms with van der Waals surface area (Å²) in [5.74, 6) is 0. The Balaban J connectivity index is 2.59. The van der Waals surface area contributed by atoms with E-state index in [-0.39, 0.29) is 11.7 Å². The van der Waals surface area contributed by atoms with Gasteiger partial charge in [0.05, 0.1) is 0 Å². The minimum absolute atomic E-state index is 0.0394. The average Bonchev–Trinajstić information content (AvgIpc) is 2.19. The minimum atomic E-state index is -0.0394. The highest BCUT2D eigenvalue weighted by atomic mass is 16.7. The van der Waals surface area contributed by atoms with Crippen LogP contribution in [0.1, 0.15) is 40.0 Å². The lowest BCUT2D eigenvalue weighted by atomic mass is 9.78. The first-order valence-electron chi connectivity index (χ1n) is 5.61. The fourth-order valence-electron chi connectivity index (χ4n) is 1.95. The third-order valence-electron chi connectivity index (χ3n) is 2.84. The SMILES string of the molecule is CCOC(OCC)[C@@]1(C)CC=CCC1. The molecular weight excluding hydrogens is 176 g/mol. The van der Waals surface area contributed by atoms with E-state index in [2.05, 4.69) is 19.1 Å². The van der Waals surface area contributed by atoms with Crippen molar-refractivity contribution in [2.75, 3.05) is 13.2 Å². The van der Waals surface area contributed by atoms with Gasteiger partial charge in [-0.3, -0.25) is 0 Å². The van der Waals surface area contributed by atoms with Gasteiger partial charge in [-0.05, 0) is 33.1 Å². The lowest BCUT2D eigenvalue weighted by molar-refractivity contribution is -0.201. The van der Waals surface area contributed by atoms with Gasteiger partial charge in [-0.2, -0.15) is 0 Å². The minimum Gasteiger partial charge on any atom is -0.352 e. The van der Waals surface area contributed by atoms with Gasteiger partial charge in [0.15, 0.2) is 6.29 Å². The molecule has 0 heterocycles. The molecular formula is C12H22O2. The van der Waals surface area contributed by atoms with Crippen molar-refractivity contribution < 1.29 is 9.47 Å². The molecule has 0 fully saturated rings. The van der Waals surface area contributed by atoms with Gasteiger partial charge in [0.1, 0.15) is 0 Å². The summed E-state index contributed by atoms with van der Waals surface area (Å²) in [6.45, 7) is 7.75. The Morgan fingerprint density at radius 3 is 2.29 bits per heavy atom. The van der Waals surface area contributed by atoms with Gasteiger partial charge in [-0.15, -0.1) is 0 Å². The van der Waals surface area contributed by atoms with Crippen molar-refractivity contribution in [2.45, 2.75) is 46.3 Å². The van der Waals surface area contributed by atoms with E-state index in [0.717, 1.165) is 32.5 Å². The van der Waals surface area contributed by atoms with Crippen LogP contribution in [0.25, 0.3) is 0 Å². The zero-order valence-electron chi connectivity index (χ0n) is 9.58. The van der Waals surface area contributed by atoms with Gasteiger partial charge in [-0.1, -0.05) is 19.1 Å². The van der Waals surface area contributed by atoms with Crippen molar-refractivity contribution in [2.24, 2.45) is 5.41 Å². The summed E-state index contributed by atoms with van der Waals surface area (Å²) in [6, 6.07) is 0. The fourth-order valence-corrected chi connectivity index (χ4v) is 1.95. The van der Waals surface area contributed by atoms with E-state index in [4.69, 9.17) is 9.47 Å². The van der Waals surface area contributed by atoms with Crippen LogP contribution in [0.4, 0.5) is 0 Å². The lowest BCUT2D eigenvalue weighted by Crippen LogP contribution is -2.37. The maximum atomic E-state index is 5.67. The van der Waals surface area contributed by atoms with Crippen LogP contribution < -0.4 is 0 Å². The zero-order valence-corrected chi connectivity index (χ0v) is 9.58. The van der Waals surface area contributed by atoms with Crippen LogP contribution >= 0.6 is 0 Å². The summed E-state index contributed by atoms with van der Waals surface area (Å²) in [6.07, 6.45) is 7.83. The molecule has 0 aromatic rings. The summed E-state index contributed by atoms with van der Waals surface area (Å²) in [4.78, 5) is 0. The topological polar surface area (TPSA) is 18.5 Å². The van der Waals surface area contributed by atoms with E-state index >= 15 is 0 Å². The summed E-state index contributed by atoms with van der Waals surface area (Å²) in [5, 5.41) is 0. The summed E-state index contributed by atoms with van der Waals surface area (Å²) < 4.78 is 11.3. The molecule has 0 aliphatic heterocycles. The number of ether oxygens (including phenoxy) is 2. The maximum Gasteiger partial charge on any atom is 0.163 e. The normalized spacial score (nSPS) is 27.1. The van der Waals surface area contributed by atoms with Crippen LogP contribution in [0, 0.1) is 5.41 Å². The van der Waals surface area contributed by atoms with E-state index in [1.165, 1.54) is 0 Å². The Morgan fingerprint density at radius 2 is 1.86 bits per heavy atom. The molecule has 14 heavy (non-hydrogen) atoms. The van der Waals surface area contributed by atoms with Crippen molar-refractivity contribution in [3.63, 3.8) is 0 Å². The molecule has 1 aliphatic rings. The van der Waals surface area contributed by atoms with Crippen LogP contribution in [0.2, 0.25) is 0 Å². The Hall–Kier alpha value is -0.340. The monoisotopic (exact) mass is 198 g/mol. The third-order valence-corrected chi connectivity index (χ3v) is 2.84. The summed E-state index contributed by atoms with van der Waals surface area (Å²) >= 11 is 0. The second-order valence-corrected chi connectivity index (χ2v) is 4.11. The summed E-state index contributed by atoms with van der Waals surface area (Å²) in [7, 11) is 0. The van der Waals surface area contributed by atoms with Crippen LogP contribution in [0.3, 0.4) is 0 Å². The number of hydrogen-bond donors (Lipinski definition) is 0. The van der Waals surface area contributed by atoms with E-state index in [0.29, 0.717) is 0 Å². The van der Waals surface area contributed by atoms with Gasteiger partial charge in [0.25, 0.3) is 0 Å². The summed E-state index contributed by atoms with van der Waals surface area (Å²) in [5.41, 5.74) is 0.167.